The summed E-state index contributed by atoms with van der Waals surface area (Å²) in [7, 11) is 0. The molecular formula is C10H9FO. The third-order valence-corrected chi connectivity index (χ3v) is 2.39. The number of halogens is 1. The molecule has 2 heteroatoms. The molecule has 0 spiro atoms. The molecule has 0 saturated heterocycles. The van der Waals surface area contributed by atoms with E-state index in [9.17, 15) is 9.18 Å². The van der Waals surface area contributed by atoms with E-state index in [0.29, 0.717) is 0 Å². The minimum Gasteiger partial charge on any atom is -0.303 e. The molecule has 1 aliphatic carbocycles. The smallest absolute Gasteiger partial charge is 0.127 e. The summed E-state index contributed by atoms with van der Waals surface area (Å²) in [5.74, 6) is -0.208. The highest BCUT2D eigenvalue weighted by Crippen LogP contribution is 2.31. The summed E-state index contributed by atoms with van der Waals surface area (Å²) in [6, 6.07) is 4.66. The van der Waals surface area contributed by atoms with E-state index in [-0.39, 0.29) is 11.7 Å². The number of fused-ring (bicyclic) bond motifs is 1. The summed E-state index contributed by atoms with van der Waals surface area (Å²) < 4.78 is 12.7. The van der Waals surface area contributed by atoms with Gasteiger partial charge >= 0.3 is 0 Å². The van der Waals surface area contributed by atoms with Crippen molar-refractivity contribution in [3.63, 3.8) is 0 Å². The number of rotatable bonds is 1. The van der Waals surface area contributed by atoms with Crippen LogP contribution in [0.15, 0.2) is 18.2 Å². The van der Waals surface area contributed by atoms with Gasteiger partial charge < -0.3 is 4.79 Å². The van der Waals surface area contributed by atoms with Gasteiger partial charge in [0.1, 0.15) is 12.1 Å². The van der Waals surface area contributed by atoms with Crippen molar-refractivity contribution in [3.8, 4) is 0 Å². The highest BCUT2D eigenvalue weighted by molar-refractivity contribution is 5.65. The second-order valence-corrected chi connectivity index (χ2v) is 3.12. The minimum atomic E-state index is -0.208. The van der Waals surface area contributed by atoms with Gasteiger partial charge in [-0.25, -0.2) is 4.39 Å². The molecule has 1 aromatic rings. The maximum absolute atomic E-state index is 12.7. The van der Waals surface area contributed by atoms with E-state index in [4.69, 9.17) is 0 Å². The standard InChI is InChI=1S/C10H9FO/c11-9-3-4-10-7(5-9)1-2-8(10)6-12/h3-6,8H,1-2H2. The zero-order valence-electron chi connectivity index (χ0n) is 6.59. The summed E-state index contributed by atoms with van der Waals surface area (Å²) >= 11 is 0. The van der Waals surface area contributed by atoms with E-state index in [1.165, 1.54) is 12.1 Å². The Morgan fingerprint density at radius 2 is 2.33 bits per heavy atom. The molecule has 0 heterocycles. The van der Waals surface area contributed by atoms with Crippen molar-refractivity contribution in [2.24, 2.45) is 0 Å². The molecule has 0 fully saturated rings. The lowest BCUT2D eigenvalue weighted by Crippen LogP contribution is -1.93. The van der Waals surface area contributed by atoms with Crippen LogP contribution < -0.4 is 0 Å². The fraction of sp³-hybridized carbons (Fsp3) is 0.300. The summed E-state index contributed by atoms with van der Waals surface area (Å²) in [6.07, 6.45) is 2.61. The number of aryl methyl sites for hydroxylation is 1. The van der Waals surface area contributed by atoms with Crippen LogP contribution in [-0.4, -0.2) is 6.29 Å². The number of carbonyl (C=O) groups is 1. The van der Waals surface area contributed by atoms with Crippen molar-refractivity contribution in [2.75, 3.05) is 0 Å². The van der Waals surface area contributed by atoms with Gasteiger partial charge in [-0.1, -0.05) is 6.07 Å². The molecule has 1 atom stereocenters. The molecule has 0 N–H and O–H groups in total. The van der Waals surface area contributed by atoms with Crippen molar-refractivity contribution in [3.05, 3.63) is 35.1 Å². The Labute approximate surface area is 70.2 Å². The molecule has 62 valence electrons. The van der Waals surface area contributed by atoms with E-state index in [0.717, 1.165) is 30.3 Å². The van der Waals surface area contributed by atoms with Crippen LogP contribution in [0.4, 0.5) is 4.39 Å². The van der Waals surface area contributed by atoms with Gasteiger partial charge in [-0.05, 0) is 36.1 Å². The monoisotopic (exact) mass is 164 g/mol. The highest BCUT2D eigenvalue weighted by Gasteiger charge is 2.21. The van der Waals surface area contributed by atoms with Crippen LogP contribution in [0, 0.1) is 5.82 Å². The Morgan fingerprint density at radius 3 is 3.08 bits per heavy atom. The van der Waals surface area contributed by atoms with E-state index in [2.05, 4.69) is 0 Å². The van der Waals surface area contributed by atoms with E-state index >= 15 is 0 Å². The predicted octanol–water partition coefficient (Wildman–Crippen LogP) is 2.05. The first-order valence-corrected chi connectivity index (χ1v) is 4.05. The molecule has 0 bridgehead atoms. The molecule has 0 amide bonds. The van der Waals surface area contributed by atoms with Crippen molar-refractivity contribution < 1.29 is 9.18 Å². The molecule has 0 aromatic heterocycles. The lowest BCUT2D eigenvalue weighted by Gasteiger charge is -2.01. The maximum atomic E-state index is 12.7. The molecule has 1 aromatic carbocycles. The maximum Gasteiger partial charge on any atom is 0.127 e. The average molecular weight is 164 g/mol. The van der Waals surface area contributed by atoms with Gasteiger partial charge in [-0.3, -0.25) is 0 Å². The van der Waals surface area contributed by atoms with Gasteiger partial charge in [0, 0.05) is 5.92 Å². The van der Waals surface area contributed by atoms with Crippen molar-refractivity contribution in [2.45, 2.75) is 18.8 Å². The zero-order chi connectivity index (χ0) is 8.55. The second-order valence-electron chi connectivity index (χ2n) is 3.12. The summed E-state index contributed by atoms with van der Waals surface area (Å²) in [5, 5.41) is 0. The van der Waals surface area contributed by atoms with E-state index < -0.39 is 0 Å². The Hall–Kier alpha value is -1.18. The van der Waals surface area contributed by atoms with Gasteiger partial charge in [0.25, 0.3) is 0 Å². The minimum absolute atomic E-state index is 0.000556. The van der Waals surface area contributed by atoms with Crippen LogP contribution >= 0.6 is 0 Å². The summed E-state index contributed by atoms with van der Waals surface area (Å²) in [4.78, 5) is 10.6. The second kappa shape index (κ2) is 2.70. The fourth-order valence-electron chi connectivity index (χ4n) is 1.76. The summed E-state index contributed by atoms with van der Waals surface area (Å²) in [6.45, 7) is 0. The first-order chi connectivity index (χ1) is 5.81. The SMILES string of the molecule is O=CC1CCc2cc(F)ccc21. The van der Waals surface area contributed by atoms with E-state index in [1.807, 2.05) is 0 Å². The van der Waals surface area contributed by atoms with Gasteiger partial charge in [-0.15, -0.1) is 0 Å². The lowest BCUT2D eigenvalue weighted by molar-refractivity contribution is -0.109. The number of carbonyl (C=O) groups excluding carboxylic acids is 1. The molecule has 1 nitrogen and oxygen atoms in total. The zero-order valence-corrected chi connectivity index (χ0v) is 6.59. The normalized spacial score (nSPS) is 20.6. The molecule has 0 saturated carbocycles. The van der Waals surface area contributed by atoms with Crippen molar-refractivity contribution in [1.29, 1.82) is 0 Å². The number of hydrogen-bond acceptors (Lipinski definition) is 1. The van der Waals surface area contributed by atoms with Crippen molar-refractivity contribution >= 4 is 6.29 Å². The van der Waals surface area contributed by atoms with E-state index in [1.54, 1.807) is 6.07 Å². The third kappa shape index (κ3) is 1.04. The molecule has 12 heavy (non-hydrogen) atoms. The van der Waals surface area contributed by atoms with Crippen LogP contribution in [0.5, 0.6) is 0 Å². The van der Waals surface area contributed by atoms with Crippen LogP contribution in [0.25, 0.3) is 0 Å². The molecule has 2 rings (SSSR count). The first kappa shape index (κ1) is 7.47. The molecule has 0 aliphatic heterocycles. The van der Waals surface area contributed by atoms with Crippen LogP contribution in [0.1, 0.15) is 23.5 Å². The quantitative estimate of drug-likeness (QED) is 0.580. The van der Waals surface area contributed by atoms with Gasteiger partial charge in [0.05, 0.1) is 0 Å². The van der Waals surface area contributed by atoms with Gasteiger partial charge in [0.15, 0.2) is 0 Å². The molecular weight excluding hydrogens is 155 g/mol. The molecule has 0 radical (unpaired) electrons. The number of aldehydes is 1. The Kier molecular flexibility index (Phi) is 1.68. The fourth-order valence-corrected chi connectivity index (χ4v) is 1.76. The highest BCUT2D eigenvalue weighted by atomic mass is 19.1. The first-order valence-electron chi connectivity index (χ1n) is 4.05. The van der Waals surface area contributed by atoms with Crippen LogP contribution in [-0.2, 0) is 11.2 Å². The largest absolute Gasteiger partial charge is 0.303 e. The molecule has 1 unspecified atom stereocenters. The Bertz CT molecular complexity index is 320. The lowest BCUT2D eigenvalue weighted by atomic mass is 10.0. The molecule has 1 aliphatic rings. The third-order valence-electron chi connectivity index (χ3n) is 2.39. The van der Waals surface area contributed by atoms with Gasteiger partial charge in [-0.2, -0.15) is 0 Å². The average Bonchev–Trinajstić information content (AvgIpc) is 2.46. The summed E-state index contributed by atoms with van der Waals surface area (Å²) in [5.41, 5.74) is 2.00. The number of benzene rings is 1. The van der Waals surface area contributed by atoms with Gasteiger partial charge in [0.2, 0.25) is 0 Å². The Morgan fingerprint density at radius 1 is 1.50 bits per heavy atom. The topological polar surface area (TPSA) is 17.1 Å². The van der Waals surface area contributed by atoms with Crippen molar-refractivity contribution in [1.82, 2.24) is 0 Å². The Balaban J connectivity index is 2.47. The predicted molar refractivity (Wildman–Crippen MR) is 43.5 cm³/mol. The van der Waals surface area contributed by atoms with Crippen LogP contribution in [0.2, 0.25) is 0 Å². The van der Waals surface area contributed by atoms with Crippen LogP contribution in [0.3, 0.4) is 0 Å². The number of hydrogen-bond donors (Lipinski definition) is 0.